The van der Waals surface area contributed by atoms with E-state index in [1.165, 1.54) is 5.84 Å². The van der Waals surface area contributed by atoms with Crippen molar-refractivity contribution < 1.29 is 19.2 Å². The molecule has 0 aromatic heterocycles. The van der Waals surface area contributed by atoms with Crippen molar-refractivity contribution in [3.05, 3.63) is 54.1 Å². The molecule has 2 aromatic rings. The number of aliphatic hydroxyl groups is 1. The van der Waals surface area contributed by atoms with Crippen LogP contribution < -0.4 is 14.4 Å². The van der Waals surface area contributed by atoms with Gasteiger partial charge < -0.3 is 14.6 Å². The third-order valence-electron chi connectivity index (χ3n) is 5.49. The molecule has 5 nitrogen and oxygen atoms in total. The first-order valence-corrected chi connectivity index (χ1v) is 9.66. The molecule has 5 heteroatoms. The van der Waals surface area contributed by atoms with Gasteiger partial charge in [-0.25, -0.2) is 9.48 Å². The Morgan fingerprint density at radius 2 is 1.74 bits per heavy atom. The minimum Gasteiger partial charge on any atom is -0.497 e. The van der Waals surface area contributed by atoms with Gasteiger partial charge in [0.1, 0.15) is 17.2 Å². The van der Waals surface area contributed by atoms with Crippen molar-refractivity contribution in [1.29, 1.82) is 0 Å². The van der Waals surface area contributed by atoms with Gasteiger partial charge in [-0.2, -0.15) is 0 Å². The highest BCUT2D eigenvalue weighted by molar-refractivity contribution is 5.96. The van der Waals surface area contributed by atoms with Gasteiger partial charge in [-0.15, -0.1) is 0 Å². The van der Waals surface area contributed by atoms with Crippen LogP contribution in [-0.2, 0) is 5.72 Å². The van der Waals surface area contributed by atoms with Crippen molar-refractivity contribution in [3.8, 4) is 11.5 Å². The number of methoxy groups -OCH3 is 1. The van der Waals surface area contributed by atoms with Crippen molar-refractivity contribution >= 4 is 11.5 Å². The number of amidine groups is 1. The molecule has 0 fully saturated rings. The quantitative estimate of drug-likeness (QED) is 0.823. The summed E-state index contributed by atoms with van der Waals surface area (Å²) < 4.78 is 13.0. The molecule has 1 N–H and O–H groups in total. The summed E-state index contributed by atoms with van der Waals surface area (Å²) in [5.74, 6) is 2.87. The lowest BCUT2D eigenvalue weighted by molar-refractivity contribution is -0.661. The maximum absolute atomic E-state index is 11.7. The number of ether oxygens (including phenoxy) is 2. The van der Waals surface area contributed by atoms with E-state index in [0.29, 0.717) is 13.2 Å². The number of β-amino-alcohol motifs (C(OH)–C–C–N with tert-alkyl or cyclic N) is 1. The van der Waals surface area contributed by atoms with Crippen molar-refractivity contribution in [1.82, 2.24) is 0 Å². The Bertz CT molecular complexity index is 830. The highest BCUT2D eigenvalue weighted by Gasteiger charge is 2.52. The zero-order valence-corrected chi connectivity index (χ0v) is 16.0. The van der Waals surface area contributed by atoms with E-state index in [2.05, 4.69) is 21.6 Å². The van der Waals surface area contributed by atoms with Crippen LogP contribution in [-0.4, -0.2) is 42.3 Å². The predicted molar refractivity (Wildman–Crippen MR) is 106 cm³/mol. The van der Waals surface area contributed by atoms with E-state index < -0.39 is 5.72 Å². The van der Waals surface area contributed by atoms with Gasteiger partial charge in [0.2, 0.25) is 0 Å². The second kappa shape index (κ2) is 7.24. The van der Waals surface area contributed by atoms with Gasteiger partial charge in [-0.1, -0.05) is 0 Å². The fourth-order valence-electron chi connectivity index (χ4n) is 4.13. The van der Waals surface area contributed by atoms with E-state index in [9.17, 15) is 5.11 Å². The van der Waals surface area contributed by atoms with E-state index >= 15 is 0 Å². The summed E-state index contributed by atoms with van der Waals surface area (Å²) in [6.07, 6.45) is 3.22. The number of benzene rings is 2. The molecule has 4 rings (SSSR count). The number of rotatable bonds is 5. The van der Waals surface area contributed by atoms with Gasteiger partial charge in [0.05, 0.1) is 20.3 Å². The lowest BCUT2D eigenvalue weighted by Crippen LogP contribution is -2.41. The van der Waals surface area contributed by atoms with Crippen LogP contribution in [0.3, 0.4) is 0 Å². The van der Waals surface area contributed by atoms with Crippen molar-refractivity contribution in [2.75, 3.05) is 31.7 Å². The number of hydrogen-bond donors (Lipinski definition) is 1. The second-order valence-electron chi connectivity index (χ2n) is 7.08. The molecule has 2 aliphatic rings. The largest absolute Gasteiger partial charge is 0.497 e. The Kier molecular flexibility index (Phi) is 4.79. The summed E-state index contributed by atoms with van der Waals surface area (Å²) in [5.41, 5.74) is 0.960. The summed E-state index contributed by atoms with van der Waals surface area (Å²) in [6.45, 7) is 3.99. The molecule has 2 heterocycles. The third kappa shape index (κ3) is 3.16. The maximum atomic E-state index is 11.7. The Balaban J connectivity index is 1.70. The molecule has 0 bridgehead atoms. The minimum absolute atomic E-state index is 0.517. The third-order valence-corrected chi connectivity index (χ3v) is 5.49. The maximum Gasteiger partial charge on any atom is 0.271 e. The van der Waals surface area contributed by atoms with Crippen LogP contribution in [0.25, 0.3) is 0 Å². The molecule has 0 radical (unpaired) electrons. The van der Waals surface area contributed by atoms with Gasteiger partial charge in [0, 0.05) is 12.0 Å². The monoisotopic (exact) mass is 367 g/mol. The lowest BCUT2D eigenvalue weighted by atomic mass is 10.0. The molecule has 2 aromatic carbocycles. The molecule has 1 atom stereocenters. The highest BCUT2D eigenvalue weighted by Crippen LogP contribution is 2.36. The Labute approximate surface area is 160 Å². The smallest absolute Gasteiger partial charge is 0.271 e. The molecule has 0 unspecified atom stereocenters. The van der Waals surface area contributed by atoms with Gasteiger partial charge >= 0.3 is 0 Å². The summed E-state index contributed by atoms with van der Waals surface area (Å²) >= 11 is 0. The summed E-state index contributed by atoms with van der Waals surface area (Å²) in [5, 5.41) is 11.7. The molecule has 0 aliphatic carbocycles. The first-order chi connectivity index (χ1) is 13.2. The van der Waals surface area contributed by atoms with Gasteiger partial charge in [0.25, 0.3) is 11.6 Å². The zero-order valence-electron chi connectivity index (χ0n) is 16.0. The van der Waals surface area contributed by atoms with Crippen LogP contribution in [0.4, 0.5) is 5.69 Å². The molecule has 142 valence electrons. The first kappa shape index (κ1) is 17.9. The Morgan fingerprint density at radius 1 is 1.04 bits per heavy atom. The van der Waals surface area contributed by atoms with Crippen LogP contribution >= 0.6 is 0 Å². The van der Waals surface area contributed by atoms with E-state index in [-0.39, 0.29) is 0 Å². The van der Waals surface area contributed by atoms with Crippen LogP contribution in [0.15, 0.2) is 48.5 Å². The topological polar surface area (TPSA) is 44.9 Å². The number of hydrogen-bond acceptors (Lipinski definition) is 4. The van der Waals surface area contributed by atoms with Crippen LogP contribution in [0.2, 0.25) is 0 Å². The normalized spacial score (nSPS) is 22.0. The predicted octanol–water partition coefficient (Wildman–Crippen LogP) is 3.35. The summed E-state index contributed by atoms with van der Waals surface area (Å²) in [4.78, 5) is 2.25. The summed E-state index contributed by atoms with van der Waals surface area (Å²) in [7, 11) is 1.67. The van der Waals surface area contributed by atoms with Crippen molar-refractivity contribution in [2.24, 2.45) is 0 Å². The van der Waals surface area contributed by atoms with E-state index in [1.807, 2.05) is 43.3 Å². The van der Waals surface area contributed by atoms with Crippen LogP contribution in [0, 0.1) is 0 Å². The molecular formula is C22H27N2O3+. The van der Waals surface area contributed by atoms with Gasteiger partial charge in [0.15, 0.2) is 6.54 Å². The van der Waals surface area contributed by atoms with Gasteiger partial charge in [-0.3, -0.25) is 0 Å². The molecule has 0 saturated heterocycles. The minimum atomic E-state index is -1.03. The molecule has 0 spiro atoms. The Hall–Kier alpha value is -2.53. The fraction of sp³-hybridized carbons (Fsp3) is 0.409. The average Bonchev–Trinajstić information content (AvgIpc) is 3.03. The highest BCUT2D eigenvalue weighted by atomic mass is 16.5. The van der Waals surface area contributed by atoms with Crippen molar-refractivity contribution in [3.63, 3.8) is 0 Å². The van der Waals surface area contributed by atoms with Crippen molar-refractivity contribution in [2.45, 2.75) is 31.9 Å². The first-order valence-electron chi connectivity index (χ1n) is 9.66. The van der Waals surface area contributed by atoms with E-state index in [4.69, 9.17) is 9.47 Å². The Morgan fingerprint density at radius 3 is 2.41 bits per heavy atom. The average molecular weight is 367 g/mol. The molecule has 27 heavy (non-hydrogen) atoms. The van der Waals surface area contributed by atoms with E-state index in [0.717, 1.165) is 48.6 Å². The van der Waals surface area contributed by atoms with Gasteiger partial charge in [-0.05, 0) is 68.3 Å². The standard InChI is InChI=1S/C22H27N2O3/c1-3-27-20-11-7-17(8-12-20)22(25)16-23(21-6-4-5-15-24(21)22)18-9-13-19(26-2)14-10-18/h7-14,25H,3-6,15-16H2,1-2H3/q+1/t22-/m1/s1. The zero-order chi connectivity index (χ0) is 18.9. The number of nitrogens with zero attached hydrogens (tertiary/aromatic N) is 2. The van der Waals surface area contributed by atoms with Crippen LogP contribution in [0.1, 0.15) is 31.7 Å². The molecule has 2 aliphatic heterocycles. The second-order valence-corrected chi connectivity index (χ2v) is 7.08. The SMILES string of the molecule is CCOc1ccc([C@]2(O)CN(c3ccc(OC)cc3)C3=[N+]2CCCC3)cc1. The lowest BCUT2D eigenvalue weighted by Gasteiger charge is -2.24. The number of anilines is 1. The molecular weight excluding hydrogens is 340 g/mol. The van der Waals surface area contributed by atoms with E-state index in [1.54, 1.807) is 7.11 Å². The molecule has 0 amide bonds. The summed E-state index contributed by atoms with van der Waals surface area (Å²) in [6, 6.07) is 15.9. The fourth-order valence-corrected chi connectivity index (χ4v) is 4.13. The molecule has 0 saturated carbocycles. The van der Waals surface area contributed by atoms with Crippen LogP contribution in [0.5, 0.6) is 11.5 Å².